The van der Waals surface area contributed by atoms with Gasteiger partial charge in [-0.3, -0.25) is 28.9 Å². The number of likely N-dealkylation sites (N-methyl/N-ethyl adjacent to an activating group) is 1. The van der Waals surface area contributed by atoms with Crippen molar-refractivity contribution in [2.75, 3.05) is 20.6 Å². The molecule has 1 saturated heterocycles. The number of Topliss-reactive ketones (excluding diaryl/α,β-unsaturated/α-hetero) is 2. The Balaban J connectivity index is 1.81. The fourth-order valence-corrected chi connectivity index (χ4v) is 7.90. The first kappa shape index (κ1) is 42.0. The van der Waals surface area contributed by atoms with Crippen molar-refractivity contribution < 1.29 is 28.7 Å². The molecule has 1 aliphatic rings. The van der Waals surface area contributed by atoms with Crippen molar-refractivity contribution in [1.82, 2.24) is 20.1 Å². The maximum absolute atomic E-state index is 14.2. The summed E-state index contributed by atoms with van der Waals surface area (Å²) in [5.74, 6) is -1.42. The number of nitrogens with zero attached hydrogens (tertiary/aromatic N) is 3. The van der Waals surface area contributed by atoms with E-state index in [0.29, 0.717) is 17.8 Å². The highest BCUT2D eigenvalue weighted by Crippen LogP contribution is 2.33. The number of carbonyl (C=O) groups is 5. The van der Waals surface area contributed by atoms with Crippen LogP contribution in [0.3, 0.4) is 0 Å². The Morgan fingerprint density at radius 3 is 2.31 bits per heavy atom. The van der Waals surface area contributed by atoms with E-state index >= 15 is 0 Å². The largest absolute Gasteiger partial charge is 0.455 e. The Bertz CT molecular complexity index is 1460. The number of carbonyl (C=O) groups excluding carboxylic acids is 5. The number of esters is 1. The SMILES string of the molecule is CC[C@H](C)[C@H](CC(=O)[C@H]1CCCCN1C)C(=O)N(C)[C@@H](C[C@H](OC(C)=O)c1nc(C(=O)N[C@@H](Cc2ccccc2)C[C@H](C)C(C)=O)cs1)C(C)C. The molecule has 1 N–H and O–H groups in total. The molecule has 2 amide bonds. The number of hydrogen-bond acceptors (Lipinski definition) is 9. The third kappa shape index (κ3) is 12.3. The maximum Gasteiger partial charge on any atom is 0.303 e. The summed E-state index contributed by atoms with van der Waals surface area (Å²) in [6.07, 6.45) is 4.44. The molecule has 1 aromatic carbocycles. The molecule has 0 saturated carbocycles. The van der Waals surface area contributed by atoms with Crippen LogP contribution in [-0.4, -0.2) is 82.9 Å². The van der Waals surface area contributed by atoms with Gasteiger partial charge in [0.15, 0.2) is 11.9 Å². The van der Waals surface area contributed by atoms with E-state index in [1.807, 2.05) is 72.0 Å². The van der Waals surface area contributed by atoms with Crippen LogP contribution in [0.1, 0.15) is 121 Å². The summed E-state index contributed by atoms with van der Waals surface area (Å²) in [6, 6.07) is 9.04. The van der Waals surface area contributed by atoms with Gasteiger partial charge in [0, 0.05) is 56.1 Å². The monoisotopic (exact) mass is 724 g/mol. The lowest BCUT2D eigenvalue weighted by Gasteiger charge is -2.37. The lowest BCUT2D eigenvalue weighted by molar-refractivity contribution is -0.149. The molecule has 0 aliphatic carbocycles. The van der Waals surface area contributed by atoms with E-state index in [9.17, 15) is 24.0 Å². The van der Waals surface area contributed by atoms with Crippen LogP contribution in [0.15, 0.2) is 35.7 Å². The average Bonchev–Trinajstić information content (AvgIpc) is 3.59. The van der Waals surface area contributed by atoms with Gasteiger partial charge in [-0.2, -0.15) is 0 Å². The minimum Gasteiger partial charge on any atom is -0.455 e. The predicted molar refractivity (Wildman–Crippen MR) is 201 cm³/mol. The van der Waals surface area contributed by atoms with Crippen LogP contribution in [0.5, 0.6) is 0 Å². The fourth-order valence-electron chi connectivity index (χ4n) is 7.06. The molecule has 0 unspecified atom stereocenters. The van der Waals surface area contributed by atoms with Gasteiger partial charge in [0.05, 0.1) is 6.04 Å². The summed E-state index contributed by atoms with van der Waals surface area (Å²) in [4.78, 5) is 74.2. The highest BCUT2D eigenvalue weighted by atomic mass is 32.1. The molecule has 0 bridgehead atoms. The summed E-state index contributed by atoms with van der Waals surface area (Å²) in [5.41, 5.74) is 1.25. The molecule has 282 valence electrons. The van der Waals surface area contributed by atoms with Gasteiger partial charge in [0.1, 0.15) is 16.5 Å². The average molecular weight is 725 g/mol. The minimum atomic E-state index is -0.783. The Morgan fingerprint density at radius 1 is 1.04 bits per heavy atom. The normalized spacial score (nSPS) is 18.6. The summed E-state index contributed by atoms with van der Waals surface area (Å²) in [5, 5.41) is 5.20. The lowest BCUT2D eigenvalue weighted by Crippen LogP contribution is -2.48. The number of ether oxygens (including phenoxy) is 1. The van der Waals surface area contributed by atoms with E-state index in [1.54, 1.807) is 24.3 Å². The number of thiazole rings is 1. The van der Waals surface area contributed by atoms with E-state index in [1.165, 1.54) is 18.3 Å². The Hall–Kier alpha value is -3.44. The van der Waals surface area contributed by atoms with Gasteiger partial charge < -0.3 is 15.0 Å². The van der Waals surface area contributed by atoms with E-state index in [0.717, 1.165) is 37.8 Å². The van der Waals surface area contributed by atoms with Gasteiger partial charge in [-0.15, -0.1) is 11.3 Å². The van der Waals surface area contributed by atoms with Crippen LogP contribution < -0.4 is 5.32 Å². The molecule has 51 heavy (non-hydrogen) atoms. The van der Waals surface area contributed by atoms with Gasteiger partial charge in [-0.05, 0) is 63.6 Å². The molecule has 2 aromatic rings. The van der Waals surface area contributed by atoms with Crippen LogP contribution in [0.25, 0.3) is 0 Å². The minimum absolute atomic E-state index is 0.000452. The molecular formula is C40H60N4O6S. The van der Waals surface area contributed by atoms with Crippen molar-refractivity contribution in [3.05, 3.63) is 52.0 Å². The molecule has 11 heteroatoms. The lowest BCUT2D eigenvalue weighted by atomic mass is 9.83. The van der Waals surface area contributed by atoms with Crippen molar-refractivity contribution in [2.24, 2.45) is 23.7 Å². The van der Waals surface area contributed by atoms with Gasteiger partial charge in [-0.25, -0.2) is 4.98 Å². The molecule has 2 heterocycles. The molecule has 1 fully saturated rings. The quantitative estimate of drug-likeness (QED) is 0.159. The molecule has 7 atom stereocenters. The number of nitrogens with one attached hydrogen (secondary N) is 1. The zero-order valence-corrected chi connectivity index (χ0v) is 33.0. The zero-order chi connectivity index (χ0) is 37.8. The van der Waals surface area contributed by atoms with Crippen LogP contribution in [0.2, 0.25) is 0 Å². The first-order valence-corrected chi connectivity index (χ1v) is 19.5. The highest BCUT2D eigenvalue weighted by molar-refractivity contribution is 7.09. The van der Waals surface area contributed by atoms with Crippen LogP contribution >= 0.6 is 11.3 Å². The molecule has 10 nitrogen and oxygen atoms in total. The summed E-state index contributed by atoms with van der Waals surface area (Å²) in [6.45, 7) is 13.8. The van der Waals surface area contributed by atoms with Crippen molar-refractivity contribution in [1.29, 1.82) is 0 Å². The van der Waals surface area contributed by atoms with E-state index < -0.39 is 18.0 Å². The standard InChI is InChI=1S/C40H60N4O6S/c1-10-26(4)32(22-36(47)34-18-14-15-19-43(34)8)40(49)44(9)35(25(2)3)23-37(50-29(7)46)39-42-33(24-51-39)38(48)41-31(20-27(5)28(6)45)21-30-16-12-11-13-17-30/h11-13,16-17,24-27,31-32,34-35,37H,10,14-15,18-23H2,1-9H3,(H,41,48)/t26-,27-,31+,32-,34+,35-,37-/m0/s1. The van der Waals surface area contributed by atoms with E-state index in [2.05, 4.69) is 15.2 Å². The Morgan fingerprint density at radius 2 is 1.73 bits per heavy atom. The molecule has 3 rings (SSSR count). The van der Waals surface area contributed by atoms with Crippen molar-refractivity contribution in [3.63, 3.8) is 0 Å². The van der Waals surface area contributed by atoms with E-state index in [4.69, 9.17) is 4.74 Å². The van der Waals surface area contributed by atoms with Crippen LogP contribution in [0, 0.1) is 23.7 Å². The van der Waals surface area contributed by atoms with Gasteiger partial charge in [-0.1, -0.05) is 77.8 Å². The molecule has 0 radical (unpaired) electrons. The number of benzene rings is 1. The Kier molecular flexibility index (Phi) is 16.4. The predicted octanol–water partition coefficient (Wildman–Crippen LogP) is 6.68. The van der Waals surface area contributed by atoms with Gasteiger partial charge in [0.2, 0.25) is 5.91 Å². The topological polar surface area (TPSA) is 126 Å². The second kappa shape index (κ2) is 20.0. The number of aromatic nitrogens is 1. The third-order valence-electron chi connectivity index (χ3n) is 10.6. The molecule has 1 aliphatic heterocycles. The molecule has 0 spiro atoms. The smallest absolute Gasteiger partial charge is 0.303 e. The van der Waals surface area contributed by atoms with Crippen molar-refractivity contribution in [2.45, 2.75) is 124 Å². The fraction of sp³-hybridized carbons (Fsp3) is 0.650. The number of ketones is 2. The number of rotatable bonds is 19. The number of hydrogen-bond donors (Lipinski definition) is 1. The number of amides is 2. The Labute approximate surface area is 309 Å². The first-order valence-electron chi connectivity index (χ1n) is 18.6. The van der Waals surface area contributed by atoms with E-state index in [-0.39, 0.29) is 77.8 Å². The first-order chi connectivity index (χ1) is 24.1. The summed E-state index contributed by atoms with van der Waals surface area (Å²) >= 11 is 1.23. The van der Waals surface area contributed by atoms with Crippen molar-refractivity contribution in [3.8, 4) is 0 Å². The van der Waals surface area contributed by atoms with Crippen LogP contribution in [-0.2, 0) is 30.3 Å². The second-order valence-electron chi connectivity index (χ2n) is 14.9. The highest BCUT2D eigenvalue weighted by Gasteiger charge is 2.37. The number of piperidine rings is 1. The molecule has 1 aromatic heterocycles. The third-order valence-corrected chi connectivity index (χ3v) is 11.5. The van der Waals surface area contributed by atoms with Gasteiger partial charge >= 0.3 is 5.97 Å². The molecular weight excluding hydrogens is 665 g/mol. The summed E-state index contributed by atoms with van der Waals surface area (Å²) < 4.78 is 5.81. The second-order valence-corrected chi connectivity index (χ2v) is 15.8. The summed E-state index contributed by atoms with van der Waals surface area (Å²) in [7, 11) is 3.77. The zero-order valence-electron chi connectivity index (χ0n) is 32.1. The van der Waals surface area contributed by atoms with Crippen LogP contribution in [0.4, 0.5) is 0 Å². The van der Waals surface area contributed by atoms with Crippen molar-refractivity contribution >= 4 is 40.7 Å². The number of likely N-dealkylation sites (tertiary alicyclic amines) is 1. The maximum atomic E-state index is 14.2. The van der Waals surface area contributed by atoms with Gasteiger partial charge in [0.25, 0.3) is 5.91 Å².